The van der Waals surface area contributed by atoms with E-state index in [1.807, 2.05) is 0 Å². The molecule has 0 unspecified atom stereocenters. The molecule has 0 aromatic heterocycles. The van der Waals surface area contributed by atoms with Gasteiger partial charge >= 0.3 is 0 Å². The molecule has 0 bridgehead atoms. The Hall–Kier alpha value is -1.99. The van der Waals surface area contributed by atoms with Gasteiger partial charge in [0.25, 0.3) is 5.91 Å². The lowest BCUT2D eigenvalue weighted by Crippen LogP contribution is -2.14. The zero-order valence-electron chi connectivity index (χ0n) is 10.6. The molecule has 0 aliphatic carbocycles. The van der Waals surface area contributed by atoms with Gasteiger partial charge in [0.05, 0.1) is 11.3 Å². The van der Waals surface area contributed by atoms with Gasteiger partial charge in [0, 0.05) is 10.0 Å². The van der Waals surface area contributed by atoms with Gasteiger partial charge in [-0.2, -0.15) is 0 Å². The fourth-order valence-corrected chi connectivity index (χ4v) is 2.25. The van der Waals surface area contributed by atoms with E-state index in [0.717, 1.165) is 18.2 Å². The highest BCUT2D eigenvalue weighted by molar-refractivity contribution is 9.10. The summed E-state index contributed by atoms with van der Waals surface area (Å²) >= 11 is 8.14. The number of aromatic hydroxyl groups is 1. The molecule has 0 atom stereocenters. The topological polar surface area (TPSA) is 75.3 Å². The molecule has 0 aliphatic rings. The van der Waals surface area contributed by atoms with Crippen LogP contribution in [0.5, 0.6) is 5.75 Å². The fraction of sp³-hybridized carbons (Fsp3) is 0. The van der Waals surface area contributed by atoms with Crippen LogP contribution in [-0.2, 0) is 0 Å². The van der Waals surface area contributed by atoms with Crippen LogP contribution in [0.3, 0.4) is 0 Å². The standard InChI is InChI=1S/C14H10BrFN2O2S/c15-10-5-7(13(17)21)1-3-11(10)18-14(20)9-6-8(16)2-4-12(9)19/h1-6,19H,(H2,17,21)(H,18,20). The second-order valence-electron chi connectivity index (χ2n) is 4.17. The molecule has 0 spiro atoms. The van der Waals surface area contributed by atoms with Crippen LogP contribution < -0.4 is 11.1 Å². The summed E-state index contributed by atoms with van der Waals surface area (Å²) in [6, 6.07) is 8.06. The number of hydrogen-bond donors (Lipinski definition) is 3. The number of halogens is 2. The van der Waals surface area contributed by atoms with E-state index in [2.05, 4.69) is 21.2 Å². The summed E-state index contributed by atoms with van der Waals surface area (Å²) in [5.41, 5.74) is 6.45. The van der Waals surface area contributed by atoms with E-state index in [9.17, 15) is 14.3 Å². The van der Waals surface area contributed by atoms with Crippen LogP contribution in [0.15, 0.2) is 40.9 Å². The van der Waals surface area contributed by atoms with Crippen LogP contribution in [0.1, 0.15) is 15.9 Å². The molecule has 0 fully saturated rings. The number of carbonyl (C=O) groups is 1. The van der Waals surface area contributed by atoms with Crippen molar-refractivity contribution in [2.24, 2.45) is 5.73 Å². The van der Waals surface area contributed by atoms with Crippen LogP contribution >= 0.6 is 28.1 Å². The average Bonchev–Trinajstić information content (AvgIpc) is 2.43. The molecule has 108 valence electrons. The van der Waals surface area contributed by atoms with Crippen molar-refractivity contribution in [3.63, 3.8) is 0 Å². The van der Waals surface area contributed by atoms with Crippen molar-refractivity contribution in [3.8, 4) is 5.75 Å². The van der Waals surface area contributed by atoms with Gasteiger partial charge in [0.2, 0.25) is 0 Å². The van der Waals surface area contributed by atoms with Crippen LogP contribution in [0, 0.1) is 5.82 Å². The molecule has 0 aliphatic heterocycles. The zero-order valence-corrected chi connectivity index (χ0v) is 13.0. The number of phenolic OH excluding ortho intramolecular Hbond substituents is 1. The number of rotatable bonds is 3. The van der Waals surface area contributed by atoms with Crippen molar-refractivity contribution >= 4 is 44.7 Å². The van der Waals surface area contributed by atoms with Crippen molar-refractivity contribution in [2.45, 2.75) is 0 Å². The van der Waals surface area contributed by atoms with Crippen LogP contribution in [-0.4, -0.2) is 16.0 Å². The summed E-state index contributed by atoms with van der Waals surface area (Å²) in [7, 11) is 0. The summed E-state index contributed by atoms with van der Waals surface area (Å²) in [6.07, 6.45) is 0. The number of nitrogens with two attached hydrogens (primary N) is 1. The van der Waals surface area contributed by atoms with E-state index < -0.39 is 11.7 Å². The van der Waals surface area contributed by atoms with Gasteiger partial charge < -0.3 is 16.2 Å². The molecule has 4 N–H and O–H groups in total. The van der Waals surface area contributed by atoms with E-state index in [4.69, 9.17) is 18.0 Å². The molecule has 2 rings (SSSR count). The lowest BCUT2D eigenvalue weighted by atomic mass is 10.1. The second-order valence-corrected chi connectivity index (χ2v) is 5.47. The third kappa shape index (κ3) is 3.56. The first kappa shape index (κ1) is 15.4. The Kier molecular flexibility index (Phi) is 4.54. The molecule has 2 aromatic carbocycles. The SMILES string of the molecule is NC(=S)c1ccc(NC(=O)c2cc(F)ccc2O)c(Br)c1. The van der Waals surface area contributed by atoms with Gasteiger partial charge in [-0.15, -0.1) is 0 Å². The molecular formula is C14H10BrFN2O2S. The number of carbonyl (C=O) groups excluding carboxylic acids is 1. The quantitative estimate of drug-likeness (QED) is 0.727. The molecule has 0 saturated heterocycles. The second kappa shape index (κ2) is 6.19. The molecular weight excluding hydrogens is 359 g/mol. The van der Waals surface area contributed by atoms with Crippen molar-refractivity contribution in [1.82, 2.24) is 0 Å². The van der Waals surface area contributed by atoms with Gasteiger partial charge in [-0.25, -0.2) is 4.39 Å². The number of hydrogen-bond acceptors (Lipinski definition) is 3. The van der Waals surface area contributed by atoms with Crippen molar-refractivity contribution in [2.75, 3.05) is 5.32 Å². The predicted molar refractivity (Wildman–Crippen MR) is 86.0 cm³/mol. The maximum absolute atomic E-state index is 13.1. The third-order valence-electron chi connectivity index (χ3n) is 2.71. The smallest absolute Gasteiger partial charge is 0.259 e. The first-order chi connectivity index (χ1) is 9.88. The highest BCUT2D eigenvalue weighted by Gasteiger charge is 2.14. The molecule has 4 nitrogen and oxygen atoms in total. The molecule has 1 amide bonds. The van der Waals surface area contributed by atoms with E-state index in [0.29, 0.717) is 15.7 Å². The van der Waals surface area contributed by atoms with Gasteiger partial charge in [0.15, 0.2) is 0 Å². The normalized spacial score (nSPS) is 10.2. The van der Waals surface area contributed by atoms with E-state index in [1.54, 1.807) is 18.2 Å². The van der Waals surface area contributed by atoms with Crippen LogP contribution in [0.4, 0.5) is 10.1 Å². The first-order valence-electron chi connectivity index (χ1n) is 5.77. The Balaban J connectivity index is 2.27. The molecule has 0 radical (unpaired) electrons. The third-order valence-corrected chi connectivity index (χ3v) is 3.60. The maximum Gasteiger partial charge on any atom is 0.259 e. The Bertz CT molecular complexity index is 737. The number of anilines is 1. The summed E-state index contributed by atoms with van der Waals surface area (Å²) in [4.78, 5) is 12.3. The van der Waals surface area contributed by atoms with Crippen LogP contribution in [0.25, 0.3) is 0 Å². The largest absolute Gasteiger partial charge is 0.507 e. The minimum absolute atomic E-state index is 0.152. The van der Waals surface area contributed by atoms with E-state index in [-0.39, 0.29) is 16.3 Å². The zero-order chi connectivity index (χ0) is 15.6. The monoisotopic (exact) mass is 368 g/mol. The average molecular weight is 369 g/mol. The Labute approximate surface area is 133 Å². The van der Waals surface area contributed by atoms with E-state index in [1.165, 1.54) is 0 Å². The van der Waals surface area contributed by atoms with Crippen molar-refractivity contribution in [3.05, 3.63) is 57.8 Å². The molecule has 0 heterocycles. The van der Waals surface area contributed by atoms with Gasteiger partial charge in [0.1, 0.15) is 16.6 Å². The fourth-order valence-electron chi connectivity index (χ4n) is 1.65. The highest BCUT2D eigenvalue weighted by atomic mass is 79.9. The predicted octanol–water partition coefficient (Wildman–Crippen LogP) is 3.18. The lowest BCUT2D eigenvalue weighted by Gasteiger charge is -2.10. The minimum Gasteiger partial charge on any atom is -0.507 e. The van der Waals surface area contributed by atoms with Gasteiger partial charge in [-0.1, -0.05) is 12.2 Å². The van der Waals surface area contributed by atoms with Crippen molar-refractivity contribution in [1.29, 1.82) is 0 Å². The van der Waals surface area contributed by atoms with Gasteiger partial charge in [-0.3, -0.25) is 4.79 Å². The Morgan fingerprint density at radius 3 is 2.62 bits per heavy atom. The van der Waals surface area contributed by atoms with Crippen LogP contribution in [0.2, 0.25) is 0 Å². The number of benzene rings is 2. The molecule has 7 heteroatoms. The summed E-state index contributed by atoms with van der Waals surface area (Å²) in [6.45, 7) is 0. The molecule has 0 saturated carbocycles. The molecule has 21 heavy (non-hydrogen) atoms. The van der Waals surface area contributed by atoms with E-state index >= 15 is 0 Å². The number of phenols is 1. The summed E-state index contributed by atoms with van der Waals surface area (Å²) in [5, 5.41) is 12.2. The Morgan fingerprint density at radius 2 is 2.00 bits per heavy atom. The summed E-state index contributed by atoms with van der Waals surface area (Å²) < 4.78 is 13.7. The first-order valence-corrected chi connectivity index (χ1v) is 6.98. The number of nitrogens with one attached hydrogen (secondary N) is 1. The number of amides is 1. The molecule has 2 aromatic rings. The van der Waals surface area contributed by atoms with Crippen molar-refractivity contribution < 1.29 is 14.3 Å². The Morgan fingerprint density at radius 1 is 1.29 bits per heavy atom. The number of thiocarbonyl (C=S) groups is 1. The minimum atomic E-state index is -0.629. The summed E-state index contributed by atoms with van der Waals surface area (Å²) in [5.74, 6) is -1.54. The highest BCUT2D eigenvalue weighted by Crippen LogP contribution is 2.26. The van der Waals surface area contributed by atoms with Gasteiger partial charge in [-0.05, 0) is 52.3 Å². The lowest BCUT2D eigenvalue weighted by molar-refractivity contribution is 0.102. The maximum atomic E-state index is 13.1.